The van der Waals surface area contributed by atoms with Crippen LogP contribution in [0.1, 0.15) is 40.5 Å². The molecule has 0 radical (unpaired) electrons. The van der Waals surface area contributed by atoms with E-state index in [1.54, 1.807) is 29.2 Å². The lowest BCUT2D eigenvalue weighted by Gasteiger charge is -2.27. The summed E-state index contributed by atoms with van der Waals surface area (Å²) in [5, 5.41) is 9.39. The van der Waals surface area contributed by atoms with E-state index in [0.717, 1.165) is 29.3 Å². The summed E-state index contributed by atoms with van der Waals surface area (Å²) in [5.41, 5.74) is 1.89. The summed E-state index contributed by atoms with van der Waals surface area (Å²) in [6, 6.07) is 9.24. The Bertz CT molecular complexity index is 947. The van der Waals surface area contributed by atoms with E-state index in [-0.39, 0.29) is 11.8 Å². The van der Waals surface area contributed by atoms with Gasteiger partial charge in [-0.2, -0.15) is 0 Å². The van der Waals surface area contributed by atoms with Crippen molar-refractivity contribution in [2.45, 2.75) is 19.8 Å². The fraction of sp³-hybridized carbons (Fsp3) is 0.222. The van der Waals surface area contributed by atoms with Crippen molar-refractivity contribution in [2.75, 3.05) is 6.54 Å². The highest BCUT2D eigenvalue weighted by Crippen LogP contribution is 2.32. The van der Waals surface area contributed by atoms with Crippen LogP contribution in [0.25, 0.3) is 16.5 Å². The molecular formula is C18H16N4O2. The minimum absolute atomic E-state index is 0.208. The van der Waals surface area contributed by atoms with Crippen LogP contribution in [0, 0.1) is 0 Å². The first-order valence-electron chi connectivity index (χ1n) is 8.00. The summed E-state index contributed by atoms with van der Waals surface area (Å²) in [4.78, 5) is 27.0. The minimum Gasteiger partial charge on any atom is -0.274 e. The number of hydrogen-bond acceptors (Lipinski definition) is 4. The molecule has 24 heavy (non-hydrogen) atoms. The maximum Gasteiger partial charge on any atom is 0.261 e. The molecule has 0 unspecified atom stereocenters. The summed E-state index contributed by atoms with van der Waals surface area (Å²) in [6.07, 6.45) is 5.04. The molecule has 1 aromatic heterocycles. The van der Waals surface area contributed by atoms with E-state index in [1.165, 1.54) is 4.90 Å². The standard InChI is InChI=1S/C18H16N4O2/c1-2-3-8-21-17(23)14-6-4-5-12-10-13(22-9-7-19-20-22)11-15(16(12)14)18(21)24/h4-7,9-11H,2-3,8H2,1H3. The van der Waals surface area contributed by atoms with Gasteiger partial charge in [-0.1, -0.05) is 30.7 Å². The summed E-state index contributed by atoms with van der Waals surface area (Å²) in [6.45, 7) is 2.48. The maximum atomic E-state index is 12.9. The Morgan fingerprint density at radius 2 is 1.92 bits per heavy atom. The van der Waals surface area contributed by atoms with E-state index in [1.807, 2.05) is 25.1 Å². The molecule has 0 atom stereocenters. The van der Waals surface area contributed by atoms with Crippen LogP contribution in [0.5, 0.6) is 0 Å². The zero-order chi connectivity index (χ0) is 16.7. The Morgan fingerprint density at radius 3 is 2.67 bits per heavy atom. The van der Waals surface area contributed by atoms with E-state index in [4.69, 9.17) is 0 Å². The number of nitrogens with zero attached hydrogens (tertiary/aromatic N) is 4. The van der Waals surface area contributed by atoms with E-state index >= 15 is 0 Å². The largest absolute Gasteiger partial charge is 0.274 e. The lowest BCUT2D eigenvalue weighted by molar-refractivity contribution is 0.0608. The fourth-order valence-electron chi connectivity index (χ4n) is 3.14. The molecule has 0 N–H and O–H groups in total. The molecule has 6 heteroatoms. The van der Waals surface area contributed by atoms with Crippen LogP contribution in [-0.4, -0.2) is 38.3 Å². The molecule has 0 spiro atoms. The van der Waals surface area contributed by atoms with Crippen molar-refractivity contribution in [3.8, 4) is 5.69 Å². The molecule has 4 rings (SSSR count). The molecule has 2 aromatic carbocycles. The Balaban J connectivity index is 1.94. The maximum absolute atomic E-state index is 12.9. The van der Waals surface area contributed by atoms with Gasteiger partial charge in [0.25, 0.3) is 11.8 Å². The van der Waals surface area contributed by atoms with Gasteiger partial charge in [0.05, 0.1) is 23.6 Å². The van der Waals surface area contributed by atoms with E-state index in [0.29, 0.717) is 17.7 Å². The first-order valence-corrected chi connectivity index (χ1v) is 8.00. The molecule has 3 aromatic rings. The third kappa shape index (κ3) is 2.11. The number of aromatic nitrogens is 3. The third-order valence-corrected chi connectivity index (χ3v) is 4.34. The fourth-order valence-corrected chi connectivity index (χ4v) is 3.14. The van der Waals surface area contributed by atoms with E-state index < -0.39 is 0 Å². The number of imide groups is 1. The first-order chi connectivity index (χ1) is 11.7. The summed E-state index contributed by atoms with van der Waals surface area (Å²) < 4.78 is 1.61. The third-order valence-electron chi connectivity index (χ3n) is 4.34. The van der Waals surface area contributed by atoms with Crippen LogP contribution in [-0.2, 0) is 0 Å². The van der Waals surface area contributed by atoms with E-state index in [9.17, 15) is 9.59 Å². The van der Waals surface area contributed by atoms with Crippen LogP contribution >= 0.6 is 0 Å². The predicted molar refractivity (Wildman–Crippen MR) is 89.1 cm³/mol. The van der Waals surface area contributed by atoms with Crippen LogP contribution in [0.15, 0.2) is 42.7 Å². The predicted octanol–water partition coefficient (Wildman–Crippen LogP) is 2.82. The molecule has 120 valence electrons. The lowest BCUT2D eigenvalue weighted by atomic mass is 9.93. The Labute approximate surface area is 138 Å². The molecule has 0 saturated heterocycles. The number of amides is 2. The van der Waals surface area contributed by atoms with Gasteiger partial charge in [-0.3, -0.25) is 14.5 Å². The van der Waals surface area contributed by atoms with E-state index in [2.05, 4.69) is 10.3 Å². The Morgan fingerprint density at radius 1 is 1.08 bits per heavy atom. The monoisotopic (exact) mass is 320 g/mol. The van der Waals surface area contributed by atoms with Crippen LogP contribution < -0.4 is 0 Å². The van der Waals surface area contributed by atoms with Gasteiger partial charge >= 0.3 is 0 Å². The summed E-state index contributed by atoms with van der Waals surface area (Å²) >= 11 is 0. The number of benzene rings is 2. The van der Waals surface area contributed by atoms with Gasteiger partial charge in [-0.05, 0) is 30.0 Å². The first kappa shape index (κ1) is 14.6. The SMILES string of the molecule is CCCCN1C(=O)c2cccc3cc(-n4ccnn4)cc(c23)C1=O. The van der Waals surface area contributed by atoms with Crippen LogP contribution in [0.3, 0.4) is 0 Å². The second kappa shape index (κ2) is 5.56. The summed E-state index contributed by atoms with van der Waals surface area (Å²) in [5.74, 6) is -0.445. The Kier molecular flexibility index (Phi) is 3.37. The topological polar surface area (TPSA) is 68.1 Å². The number of carbonyl (C=O) groups excluding carboxylic acids is 2. The molecule has 0 aliphatic carbocycles. The van der Waals surface area contributed by atoms with Gasteiger partial charge in [0.2, 0.25) is 0 Å². The van der Waals surface area contributed by atoms with Crippen molar-refractivity contribution >= 4 is 22.6 Å². The molecule has 6 nitrogen and oxygen atoms in total. The van der Waals surface area contributed by atoms with Gasteiger partial charge in [-0.25, -0.2) is 4.68 Å². The quantitative estimate of drug-likeness (QED) is 0.693. The van der Waals surface area contributed by atoms with Crippen molar-refractivity contribution in [1.29, 1.82) is 0 Å². The van der Waals surface area contributed by atoms with Crippen molar-refractivity contribution in [2.24, 2.45) is 0 Å². The zero-order valence-corrected chi connectivity index (χ0v) is 13.3. The average molecular weight is 320 g/mol. The molecule has 0 saturated carbocycles. The number of hydrogen-bond donors (Lipinski definition) is 0. The highest BCUT2D eigenvalue weighted by atomic mass is 16.2. The summed E-state index contributed by atoms with van der Waals surface area (Å²) in [7, 11) is 0. The highest BCUT2D eigenvalue weighted by molar-refractivity contribution is 6.25. The second-order valence-electron chi connectivity index (χ2n) is 5.86. The number of rotatable bonds is 4. The Hall–Kier alpha value is -3.02. The number of unbranched alkanes of at least 4 members (excludes halogenated alkanes) is 1. The second-order valence-corrected chi connectivity index (χ2v) is 5.86. The molecule has 1 aliphatic rings. The van der Waals surface area contributed by atoms with Crippen molar-refractivity contribution in [3.63, 3.8) is 0 Å². The minimum atomic E-state index is -0.237. The molecule has 1 aliphatic heterocycles. The van der Waals surface area contributed by atoms with Crippen molar-refractivity contribution in [1.82, 2.24) is 19.9 Å². The number of carbonyl (C=O) groups is 2. The van der Waals surface area contributed by atoms with Gasteiger partial charge < -0.3 is 0 Å². The molecule has 2 amide bonds. The van der Waals surface area contributed by atoms with Crippen LogP contribution in [0.2, 0.25) is 0 Å². The highest BCUT2D eigenvalue weighted by Gasteiger charge is 2.32. The zero-order valence-electron chi connectivity index (χ0n) is 13.3. The van der Waals surface area contributed by atoms with Crippen molar-refractivity contribution in [3.05, 3.63) is 53.9 Å². The van der Waals surface area contributed by atoms with Crippen molar-refractivity contribution < 1.29 is 9.59 Å². The van der Waals surface area contributed by atoms with Gasteiger partial charge in [0.1, 0.15) is 0 Å². The lowest BCUT2D eigenvalue weighted by Crippen LogP contribution is -2.40. The molecule has 0 fully saturated rings. The molecule has 2 heterocycles. The molecule has 0 bridgehead atoms. The van der Waals surface area contributed by atoms with Gasteiger partial charge in [0.15, 0.2) is 0 Å². The van der Waals surface area contributed by atoms with Gasteiger partial charge in [0, 0.05) is 17.5 Å². The molecular weight excluding hydrogens is 304 g/mol. The van der Waals surface area contributed by atoms with Gasteiger partial charge in [-0.15, -0.1) is 5.10 Å². The average Bonchev–Trinajstić information content (AvgIpc) is 3.13. The van der Waals surface area contributed by atoms with Crippen LogP contribution in [0.4, 0.5) is 0 Å². The smallest absolute Gasteiger partial charge is 0.261 e. The normalized spacial score (nSPS) is 13.8.